The standard InChI is InChI=1S/C15H13Br2N3O/c16-11-6-9-13(17)12(11)10-7-20(19-14(9)10)15(21)18-8-4-2-1-3-5-8/h1-5,7,9,11-13H,6H2,(H,18,21)/t9-,11-,12+,13?/m1/s1. The van der Waals surface area contributed by atoms with Gasteiger partial charge in [-0.25, -0.2) is 4.79 Å². The summed E-state index contributed by atoms with van der Waals surface area (Å²) in [6, 6.07) is 9.21. The van der Waals surface area contributed by atoms with Crippen LogP contribution in [0.3, 0.4) is 0 Å². The number of aromatic nitrogens is 2. The topological polar surface area (TPSA) is 46.9 Å². The molecule has 108 valence electrons. The average molecular weight is 411 g/mol. The molecule has 1 fully saturated rings. The van der Waals surface area contributed by atoms with Gasteiger partial charge in [-0.1, -0.05) is 50.1 Å². The lowest BCUT2D eigenvalue weighted by molar-refractivity contribution is 0.250. The van der Waals surface area contributed by atoms with E-state index in [9.17, 15) is 4.79 Å². The second-order valence-electron chi connectivity index (χ2n) is 5.54. The molecule has 1 unspecified atom stereocenters. The van der Waals surface area contributed by atoms with Crippen molar-refractivity contribution in [1.29, 1.82) is 0 Å². The molecular formula is C15H13Br2N3O. The number of carbonyl (C=O) groups excluding carboxylic acids is 1. The third kappa shape index (κ3) is 2.07. The number of carbonyl (C=O) groups is 1. The van der Waals surface area contributed by atoms with Crippen molar-refractivity contribution in [3.63, 3.8) is 0 Å². The van der Waals surface area contributed by atoms with Crippen LogP contribution in [0.5, 0.6) is 0 Å². The zero-order valence-corrected chi connectivity index (χ0v) is 14.2. The number of benzene rings is 1. The third-order valence-corrected chi connectivity index (χ3v) is 6.46. The summed E-state index contributed by atoms with van der Waals surface area (Å²) in [6.45, 7) is 0. The average Bonchev–Trinajstić information content (AvgIpc) is 3.08. The number of hydrogen-bond donors (Lipinski definition) is 1. The molecular weight excluding hydrogens is 398 g/mol. The van der Waals surface area contributed by atoms with Crippen LogP contribution in [0.2, 0.25) is 0 Å². The van der Waals surface area contributed by atoms with E-state index in [0.717, 1.165) is 17.8 Å². The van der Waals surface area contributed by atoms with E-state index in [0.29, 0.717) is 21.5 Å². The summed E-state index contributed by atoms with van der Waals surface area (Å²) in [7, 11) is 0. The highest BCUT2D eigenvalue weighted by Crippen LogP contribution is 2.58. The van der Waals surface area contributed by atoms with Gasteiger partial charge in [-0.2, -0.15) is 9.78 Å². The zero-order valence-electron chi connectivity index (χ0n) is 11.0. The molecule has 1 aromatic heterocycles. The van der Waals surface area contributed by atoms with E-state index in [1.54, 1.807) is 0 Å². The SMILES string of the molecule is O=C(Nc1ccccc1)n1cc2c(n1)[C@@H]1C[C@@H](Br)[C@H]2C1Br. The first-order valence-corrected chi connectivity index (χ1v) is 8.72. The predicted octanol–water partition coefficient (Wildman–Crippen LogP) is 4.07. The second kappa shape index (κ2) is 4.95. The monoisotopic (exact) mass is 409 g/mol. The maximum Gasteiger partial charge on any atom is 0.346 e. The Balaban J connectivity index is 1.61. The molecule has 0 spiro atoms. The highest BCUT2D eigenvalue weighted by atomic mass is 79.9. The van der Waals surface area contributed by atoms with E-state index in [1.165, 1.54) is 10.2 Å². The van der Waals surface area contributed by atoms with E-state index < -0.39 is 0 Å². The molecule has 0 aliphatic heterocycles. The Labute approximate surface area is 139 Å². The largest absolute Gasteiger partial charge is 0.346 e. The van der Waals surface area contributed by atoms with Crippen molar-refractivity contribution in [2.75, 3.05) is 5.32 Å². The summed E-state index contributed by atoms with van der Waals surface area (Å²) in [5, 5.41) is 7.37. The van der Waals surface area contributed by atoms with Crippen LogP contribution in [-0.2, 0) is 0 Å². The molecule has 21 heavy (non-hydrogen) atoms. The van der Waals surface area contributed by atoms with Crippen molar-refractivity contribution in [2.24, 2.45) is 0 Å². The summed E-state index contributed by atoms with van der Waals surface area (Å²) in [6.07, 6.45) is 2.95. The molecule has 2 bridgehead atoms. The Kier molecular flexibility index (Phi) is 3.19. The van der Waals surface area contributed by atoms with E-state index in [1.807, 2.05) is 36.5 Å². The molecule has 4 atom stereocenters. The van der Waals surface area contributed by atoms with Gasteiger partial charge in [-0.3, -0.25) is 0 Å². The van der Waals surface area contributed by atoms with Gasteiger partial charge in [0.1, 0.15) is 0 Å². The van der Waals surface area contributed by atoms with Crippen molar-refractivity contribution in [2.45, 2.75) is 27.9 Å². The third-order valence-electron chi connectivity index (χ3n) is 4.31. The van der Waals surface area contributed by atoms with Crippen molar-refractivity contribution in [3.8, 4) is 0 Å². The Morgan fingerprint density at radius 1 is 1.29 bits per heavy atom. The summed E-state index contributed by atoms with van der Waals surface area (Å²) < 4.78 is 1.43. The van der Waals surface area contributed by atoms with Crippen LogP contribution in [0.25, 0.3) is 0 Å². The molecule has 4 rings (SSSR count). The fourth-order valence-corrected chi connectivity index (χ4v) is 5.90. The van der Waals surface area contributed by atoms with Gasteiger partial charge in [0.2, 0.25) is 0 Å². The highest BCUT2D eigenvalue weighted by molar-refractivity contribution is 9.10. The number of hydrogen-bond acceptors (Lipinski definition) is 2. The molecule has 0 radical (unpaired) electrons. The highest BCUT2D eigenvalue weighted by Gasteiger charge is 2.51. The second-order valence-corrected chi connectivity index (χ2v) is 7.77. The predicted molar refractivity (Wildman–Crippen MR) is 88.6 cm³/mol. The number of amides is 1. The number of rotatable bonds is 1. The Morgan fingerprint density at radius 2 is 2.05 bits per heavy atom. The summed E-state index contributed by atoms with van der Waals surface area (Å²) in [5.74, 6) is 0.809. The summed E-state index contributed by atoms with van der Waals surface area (Å²) in [5.41, 5.74) is 3.04. The van der Waals surface area contributed by atoms with Gasteiger partial charge < -0.3 is 5.32 Å². The lowest BCUT2D eigenvalue weighted by atomic mass is 9.98. The maximum absolute atomic E-state index is 12.3. The summed E-state index contributed by atoms with van der Waals surface area (Å²) >= 11 is 7.51. The minimum absolute atomic E-state index is 0.216. The number of nitrogens with zero attached hydrogens (tertiary/aromatic N) is 2. The van der Waals surface area contributed by atoms with Crippen LogP contribution in [0.1, 0.15) is 29.5 Å². The van der Waals surface area contributed by atoms with Crippen LogP contribution in [0.4, 0.5) is 10.5 Å². The van der Waals surface area contributed by atoms with Crippen LogP contribution in [-0.4, -0.2) is 25.5 Å². The number of halogens is 2. The van der Waals surface area contributed by atoms with Crippen LogP contribution < -0.4 is 5.32 Å². The van der Waals surface area contributed by atoms with Crippen LogP contribution >= 0.6 is 31.9 Å². The smallest absolute Gasteiger partial charge is 0.306 e. The van der Waals surface area contributed by atoms with Crippen LogP contribution in [0.15, 0.2) is 36.5 Å². The minimum atomic E-state index is -0.216. The number of para-hydroxylation sites is 1. The van der Waals surface area contributed by atoms with E-state index in [-0.39, 0.29) is 6.03 Å². The van der Waals surface area contributed by atoms with Gasteiger partial charge >= 0.3 is 6.03 Å². The molecule has 1 amide bonds. The molecule has 6 heteroatoms. The Hall–Kier alpha value is -1.14. The molecule has 1 N–H and O–H groups in total. The molecule has 0 saturated heterocycles. The van der Waals surface area contributed by atoms with Gasteiger partial charge in [0.05, 0.1) is 5.69 Å². The molecule has 4 nitrogen and oxygen atoms in total. The molecule has 2 aromatic rings. The molecule has 1 saturated carbocycles. The van der Waals surface area contributed by atoms with Crippen molar-refractivity contribution < 1.29 is 4.79 Å². The van der Waals surface area contributed by atoms with Gasteiger partial charge in [0.25, 0.3) is 0 Å². The first-order valence-electron chi connectivity index (χ1n) is 6.89. The van der Waals surface area contributed by atoms with Gasteiger partial charge in [-0.05, 0) is 24.1 Å². The fourth-order valence-electron chi connectivity index (χ4n) is 3.35. The van der Waals surface area contributed by atoms with E-state index in [4.69, 9.17) is 0 Å². The first kappa shape index (κ1) is 13.5. The summed E-state index contributed by atoms with van der Waals surface area (Å²) in [4.78, 5) is 13.2. The molecule has 2 aliphatic rings. The molecule has 1 heterocycles. The van der Waals surface area contributed by atoms with Gasteiger partial charge in [0.15, 0.2) is 0 Å². The number of fused-ring (bicyclic) bond motifs is 5. The minimum Gasteiger partial charge on any atom is -0.306 e. The first-order chi connectivity index (χ1) is 10.1. The number of anilines is 1. The van der Waals surface area contributed by atoms with Crippen molar-refractivity contribution in [3.05, 3.63) is 47.8 Å². The van der Waals surface area contributed by atoms with E-state index in [2.05, 4.69) is 42.3 Å². The quantitative estimate of drug-likeness (QED) is 0.720. The molecule has 1 aromatic carbocycles. The number of nitrogens with one attached hydrogen (secondary N) is 1. The molecule has 2 aliphatic carbocycles. The van der Waals surface area contributed by atoms with E-state index >= 15 is 0 Å². The van der Waals surface area contributed by atoms with Crippen molar-refractivity contribution >= 4 is 43.6 Å². The lowest BCUT2D eigenvalue weighted by Gasteiger charge is -2.14. The van der Waals surface area contributed by atoms with Crippen LogP contribution in [0, 0.1) is 0 Å². The fraction of sp³-hybridized carbons (Fsp3) is 0.333. The maximum atomic E-state index is 12.3. The normalized spacial score (nSPS) is 29.4. The van der Waals surface area contributed by atoms with Crippen molar-refractivity contribution in [1.82, 2.24) is 9.78 Å². The van der Waals surface area contributed by atoms with Gasteiger partial charge in [0, 0.05) is 33.4 Å². The zero-order chi connectivity index (χ0) is 14.6. The lowest BCUT2D eigenvalue weighted by Crippen LogP contribution is -2.20. The van der Waals surface area contributed by atoms with Gasteiger partial charge in [-0.15, -0.1) is 0 Å². The Morgan fingerprint density at radius 3 is 2.81 bits per heavy atom. The number of alkyl halides is 2. The Bertz CT molecular complexity index is 700.